The lowest BCUT2D eigenvalue weighted by Gasteiger charge is -2.24. The zero-order valence-electron chi connectivity index (χ0n) is 11.4. The molecular formula is C14H20N2O3. The summed E-state index contributed by atoms with van der Waals surface area (Å²) in [5, 5.41) is 6.29. The fraction of sp³-hybridized carbons (Fsp3) is 0.500. The second kappa shape index (κ2) is 6.43. The van der Waals surface area contributed by atoms with Crippen molar-refractivity contribution in [3.05, 3.63) is 23.8 Å². The maximum Gasteiger partial charge on any atom is 0.259 e. The number of amides is 1. The Hall–Kier alpha value is -1.75. The van der Waals surface area contributed by atoms with Crippen molar-refractivity contribution in [3.63, 3.8) is 0 Å². The van der Waals surface area contributed by atoms with Gasteiger partial charge in [-0.05, 0) is 31.5 Å². The van der Waals surface area contributed by atoms with Crippen molar-refractivity contribution in [1.82, 2.24) is 10.6 Å². The Bertz CT molecular complexity index is 420. The van der Waals surface area contributed by atoms with E-state index in [0.29, 0.717) is 17.1 Å². The van der Waals surface area contributed by atoms with Gasteiger partial charge in [-0.2, -0.15) is 0 Å². The number of carbonyl (C=O) groups is 1. The summed E-state index contributed by atoms with van der Waals surface area (Å²) in [6.45, 7) is 1.83. The van der Waals surface area contributed by atoms with Gasteiger partial charge in [0.2, 0.25) is 0 Å². The number of hydrogen-bond donors (Lipinski definition) is 2. The van der Waals surface area contributed by atoms with Crippen molar-refractivity contribution < 1.29 is 14.3 Å². The van der Waals surface area contributed by atoms with E-state index in [9.17, 15) is 4.79 Å². The van der Waals surface area contributed by atoms with Crippen LogP contribution in [0, 0.1) is 0 Å². The van der Waals surface area contributed by atoms with Crippen molar-refractivity contribution in [3.8, 4) is 11.5 Å². The normalized spacial score (nSPS) is 18.7. The van der Waals surface area contributed by atoms with E-state index in [-0.39, 0.29) is 11.9 Å². The molecule has 1 amide bonds. The van der Waals surface area contributed by atoms with E-state index in [1.165, 1.54) is 0 Å². The van der Waals surface area contributed by atoms with E-state index in [1.54, 1.807) is 32.4 Å². The van der Waals surface area contributed by atoms with Crippen LogP contribution in [0.4, 0.5) is 0 Å². The van der Waals surface area contributed by atoms with Crippen LogP contribution in [0.25, 0.3) is 0 Å². The van der Waals surface area contributed by atoms with E-state index in [4.69, 9.17) is 9.47 Å². The molecule has 0 spiro atoms. The zero-order chi connectivity index (χ0) is 13.7. The van der Waals surface area contributed by atoms with Crippen LogP contribution in [0.1, 0.15) is 23.2 Å². The first-order valence-corrected chi connectivity index (χ1v) is 6.49. The van der Waals surface area contributed by atoms with Crippen LogP contribution in [-0.2, 0) is 0 Å². The third-order valence-corrected chi connectivity index (χ3v) is 3.29. The van der Waals surface area contributed by atoms with Crippen LogP contribution < -0.4 is 20.1 Å². The molecule has 1 aromatic carbocycles. The van der Waals surface area contributed by atoms with Gasteiger partial charge in [-0.15, -0.1) is 0 Å². The van der Waals surface area contributed by atoms with E-state index >= 15 is 0 Å². The van der Waals surface area contributed by atoms with Crippen LogP contribution in [-0.4, -0.2) is 39.3 Å². The molecular weight excluding hydrogens is 244 g/mol. The monoisotopic (exact) mass is 264 g/mol. The van der Waals surface area contributed by atoms with Gasteiger partial charge >= 0.3 is 0 Å². The summed E-state index contributed by atoms with van der Waals surface area (Å²) in [7, 11) is 3.10. The van der Waals surface area contributed by atoms with Crippen molar-refractivity contribution in [2.75, 3.05) is 27.3 Å². The molecule has 0 aromatic heterocycles. The largest absolute Gasteiger partial charge is 0.496 e. The predicted octanol–water partition coefficient (Wildman–Crippen LogP) is 1.19. The number of rotatable bonds is 4. The molecule has 0 bridgehead atoms. The fourth-order valence-electron chi connectivity index (χ4n) is 2.31. The Morgan fingerprint density at radius 1 is 1.32 bits per heavy atom. The highest BCUT2D eigenvalue weighted by Gasteiger charge is 2.22. The SMILES string of the molecule is COc1cccc(OC)c1C(=O)NC1CCCNC1. The van der Waals surface area contributed by atoms with E-state index < -0.39 is 0 Å². The number of ether oxygens (including phenoxy) is 2. The lowest BCUT2D eigenvalue weighted by atomic mass is 10.1. The summed E-state index contributed by atoms with van der Waals surface area (Å²) < 4.78 is 10.5. The van der Waals surface area contributed by atoms with Gasteiger partial charge in [0, 0.05) is 12.6 Å². The molecule has 1 aliphatic heterocycles. The molecule has 19 heavy (non-hydrogen) atoms. The summed E-state index contributed by atoms with van der Waals surface area (Å²) in [6, 6.07) is 5.49. The summed E-state index contributed by atoms with van der Waals surface area (Å²) >= 11 is 0. The molecule has 1 unspecified atom stereocenters. The van der Waals surface area contributed by atoms with Crippen LogP contribution in [0.5, 0.6) is 11.5 Å². The van der Waals surface area contributed by atoms with Crippen molar-refractivity contribution >= 4 is 5.91 Å². The lowest BCUT2D eigenvalue weighted by molar-refractivity contribution is 0.0924. The second-order valence-electron chi connectivity index (χ2n) is 4.55. The Kier molecular flexibility index (Phi) is 4.63. The summed E-state index contributed by atoms with van der Waals surface area (Å²) in [6.07, 6.45) is 2.07. The maximum absolute atomic E-state index is 12.4. The van der Waals surface area contributed by atoms with Crippen LogP contribution in [0.3, 0.4) is 0 Å². The van der Waals surface area contributed by atoms with Crippen LogP contribution >= 0.6 is 0 Å². The summed E-state index contributed by atoms with van der Waals surface area (Å²) in [5.74, 6) is 0.907. The van der Waals surface area contributed by atoms with Crippen molar-refractivity contribution in [2.24, 2.45) is 0 Å². The van der Waals surface area contributed by atoms with Gasteiger partial charge in [0.25, 0.3) is 5.91 Å². The van der Waals surface area contributed by atoms with Gasteiger partial charge in [0.1, 0.15) is 17.1 Å². The zero-order valence-corrected chi connectivity index (χ0v) is 11.4. The second-order valence-corrected chi connectivity index (χ2v) is 4.55. The number of hydrogen-bond acceptors (Lipinski definition) is 4. The highest BCUT2D eigenvalue weighted by atomic mass is 16.5. The topological polar surface area (TPSA) is 59.6 Å². The molecule has 5 heteroatoms. The molecule has 2 N–H and O–H groups in total. The third kappa shape index (κ3) is 3.17. The number of nitrogens with one attached hydrogen (secondary N) is 2. The van der Waals surface area contributed by atoms with Gasteiger partial charge < -0.3 is 20.1 Å². The molecule has 2 rings (SSSR count). The lowest BCUT2D eigenvalue weighted by Crippen LogP contribution is -2.45. The number of methoxy groups -OCH3 is 2. The third-order valence-electron chi connectivity index (χ3n) is 3.29. The van der Waals surface area contributed by atoms with Gasteiger partial charge in [0.05, 0.1) is 14.2 Å². The Morgan fingerprint density at radius 3 is 2.53 bits per heavy atom. The first-order chi connectivity index (χ1) is 9.26. The summed E-state index contributed by atoms with van der Waals surface area (Å²) in [5.41, 5.74) is 0.457. The molecule has 1 heterocycles. The smallest absolute Gasteiger partial charge is 0.259 e. The van der Waals surface area contributed by atoms with Gasteiger partial charge in [-0.1, -0.05) is 6.07 Å². The Balaban J connectivity index is 2.17. The molecule has 5 nitrogen and oxygen atoms in total. The van der Waals surface area contributed by atoms with E-state index in [1.807, 2.05) is 0 Å². The average molecular weight is 264 g/mol. The fourth-order valence-corrected chi connectivity index (χ4v) is 2.31. The predicted molar refractivity (Wildman–Crippen MR) is 72.9 cm³/mol. The maximum atomic E-state index is 12.4. The first kappa shape index (κ1) is 13.7. The molecule has 1 saturated heterocycles. The molecule has 0 radical (unpaired) electrons. The molecule has 1 fully saturated rings. The Labute approximate surface area is 113 Å². The van der Waals surface area contributed by atoms with E-state index in [2.05, 4.69) is 10.6 Å². The molecule has 104 valence electrons. The summed E-state index contributed by atoms with van der Waals surface area (Å²) in [4.78, 5) is 12.4. The minimum atomic E-state index is -0.150. The van der Waals surface area contributed by atoms with Crippen molar-refractivity contribution in [1.29, 1.82) is 0 Å². The van der Waals surface area contributed by atoms with E-state index in [0.717, 1.165) is 25.9 Å². The van der Waals surface area contributed by atoms with Crippen LogP contribution in [0.15, 0.2) is 18.2 Å². The van der Waals surface area contributed by atoms with Gasteiger partial charge in [0.15, 0.2) is 0 Å². The Morgan fingerprint density at radius 2 is 2.00 bits per heavy atom. The minimum Gasteiger partial charge on any atom is -0.496 e. The average Bonchev–Trinajstić information content (AvgIpc) is 2.47. The van der Waals surface area contributed by atoms with Crippen molar-refractivity contribution in [2.45, 2.75) is 18.9 Å². The van der Waals surface area contributed by atoms with Gasteiger partial charge in [-0.3, -0.25) is 4.79 Å². The number of carbonyl (C=O) groups excluding carboxylic acids is 1. The standard InChI is InChI=1S/C14H20N2O3/c1-18-11-6-3-7-12(19-2)13(11)14(17)16-10-5-4-8-15-9-10/h3,6-7,10,15H,4-5,8-9H2,1-2H3,(H,16,17). The number of benzene rings is 1. The minimum absolute atomic E-state index is 0.150. The van der Waals surface area contributed by atoms with Crippen LogP contribution in [0.2, 0.25) is 0 Å². The highest BCUT2D eigenvalue weighted by Crippen LogP contribution is 2.28. The molecule has 1 atom stereocenters. The number of piperidine rings is 1. The first-order valence-electron chi connectivity index (χ1n) is 6.49. The molecule has 1 aromatic rings. The quantitative estimate of drug-likeness (QED) is 0.857. The molecule has 0 saturated carbocycles. The molecule has 0 aliphatic carbocycles. The molecule has 1 aliphatic rings. The van der Waals surface area contributed by atoms with Gasteiger partial charge in [-0.25, -0.2) is 0 Å². The highest BCUT2D eigenvalue weighted by molar-refractivity contribution is 5.99.